The number of benzene rings is 1. The fourth-order valence-electron chi connectivity index (χ4n) is 2.32. The monoisotopic (exact) mass is 235 g/mol. The Morgan fingerprint density at radius 2 is 1.88 bits per heavy atom. The van der Waals surface area contributed by atoms with Gasteiger partial charge in [0.25, 0.3) is 0 Å². The summed E-state index contributed by atoms with van der Waals surface area (Å²) in [7, 11) is 0. The van der Waals surface area contributed by atoms with E-state index in [4.69, 9.17) is 10.5 Å². The zero-order valence-corrected chi connectivity index (χ0v) is 10.1. The van der Waals surface area contributed by atoms with Crippen LogP contribution in [0.4, 0.5) is 0 Å². The Kier molecular flexibility index (Phi) is 4.15. The van der Waals surface area contributed by atoms with Crippen molar-refractivity contribution < 1.29 is 9.84 Å². The molecule has 1 aliphatic rings. The summed E-state index contributed by atoms with van der Waals surface area (Å²) in [5.74, 6) is 0. The van der Waals surface area contributed by atoms with E-state index in [0.717, 1.165) is 18.4 Å². The number of hydrogen-bond acceptors (Lipinski definition) is 3. The molecular weight excluding hydrogens is 214 g/mol. The van der Waals surface area contributed by atoms with Gasteiger partial charge >= 0.3 is 0 Å². The van der Waals surface area contributed by atoms with Gasteiger partial charge in [0.2, 0.25) is 0 Å². The lowest BCUT2D eigenvalue weighted by Gasteiger charge is -2.28. The zero-order chi connectivity index (χ0) is 12.1. The highest BCUT2D eigenvalue weighted by molar-refractivity contribution is 5.22. The Morgan fingerprint density at radius 1 is 1.24 bits per heavy atom. The fraction of sp³-hybridized carbons (Fsp3) is 0.571. The first-order chi connectivity index (χ1) is 8.24. The number of aliphatic hydroxyl groups is 1. The summed E-state index contributed by atoms with van der Waals surface area (Å²) in [5.41, 5.74) is 5.48. The SMILES string of the molecule is NCC(O)(COC1CCCC1)c1ccccc1. The van der Waals surface area contributed by atoms with Crippen LogP contribution < -0.4 is 5.73 Å². The van der Waals surface area contributed by atoms with E-state index in [9.17, 15) is 5.11 Å². The molecule has 1 aromatic carbocycles. The van der Waals surface area contributed by atoms with Crippen molar-refractivity contribution in [3.8, 4) is 0 Å². The summed E-state index contributed by atoms with van der Waals surface area (Å²) in [4.78, 5) is 0. The molecule has 3 N–H and O–H groups in total. The van der Waals surface area contributed by atoms with Gasteiger partial charge in [0, 0.05) is 6.54 Å². The molecule has 1 saturated carbocycles. The Hall–Kier alpha value is -0.900. The minimum absolute atomic E-state index is 0.184. The topological polar surface area (TPSA) is 55.5 Å². The van der Waals surface area contributed by atoms with Gasteiger partial charge in [-0.2, -0.15) is 0 Å². The zero-order valence-electron chi connectivity index (χ0n) is 10.1. The van der Waals surface area contributed by atoms with E-state index in [1.165, 1.54) is 12.8 Å². The average molecular weight is 235 g/mol. The second-order valence-corrected chi connectivity index (χ2v) is 4.82. The third-order valence-corrected chi connectivity index (χ3v) is 3.51. The van der Waals surface area contributed by atoms with Crippen LogP contribution in [0.25, 0.3) is 0 Å². The maximum atomic E-state index is 10.5. The van der Waals surface area contributed by atoms with Gasteiger partial charge in [0.05, 0.1) is 12.7 Å². The van der Waals surface area contributed by atoms with Gasteiger partial charge in [-0.05, 0) is 18.4 Å². The molecule has 1 atom stereocenters. The molecule has 1 fully saturated rings. The van der Waals surface area contributed by atoms with E-state index in [0.29, 0.717) is 6.10 Å². The summed E-state index contributed by atoms with van der Waals surface area (Å²) in [6.07, 6.45) is 4.98. The van der Waals surface area contributed by atoms with E-state index < -0.39 is 5.60 Å². The predicted octanol–water partition coefficient (Wildman–Crippen LogP) is 1.79. The minimum atomic E-state index is -1.05. The van der Waals surface area contributed by atoms with E-state index in [1.807, 2.05) is 30.3 Å². The highest BCUT2D eigenvalue weighted by Crippen LogP contribution is 2.25. The normalized spacial score (nSPS) is 20.4. The summed E-state index contributed by atoms with van der Waals surface area (Å²) < 4.78 is 5.78. The van der Waals surface area contributed by atoms with Crippen molar-refractivity contribution >= 4 is 0 Å². The summed E-state index contributed by atoms with van der Waals surface area (Å²) >= 11 is 0. The first-order valence-corrected chi connectivity index (χ1v) is 6.34. The van der Waals surface area contributed by atoms with Gasteiger partial charge < -0.3 is 15.6 Å². The van der Waals surface area contributed by atoms with Crippen LogP contribution in [-0.4, -0.2) is 24.4 Å². The lowest BCUT2D eigenvalue weighted by molar-refractivity contribution is -0.0701. The van der Waals surface area contributed by atoms with E-state index in [1.54, 1.807) is 0 Å². The molecule has 0 aliphatic heterocycles. The third kappa shape index (κ3) is 3.06. The number of nitrogens with two attached hydrogens (primary N) is 1. The van der Waals surface area contributed by atoms with Gasteiger partial charge in [-0.25, -0.2) is 0 Å². The van der Waals surface area contributed by atoms with E-state index in [2.05, 4.69) is 0 Å². The van der Waals surface area contributed by atoms with Crippen LogP contribution in [0.5, 0.6) is 0 Å². The van der Waals surface area contributed by atoms with Gasteiger partial charge in [0.1, 0.15) is 5.60 Å². The van der Waals surface area contributed by atoms with Gasteiger partial charge in [0.15, 0.2) is 0 Å². The van der Waals surface area contributed by atoms with Gasteiger partial charge in [-0.3, -0.25) is 0 Å². The van der Waals surface area contributed by atoms with E-state index in [-0.39, 0.29) is 13.2 Å². The third-order valence-electron chi connectivity index (χ3n) is 3.51. The first kappa shape index (κ1) is 12.6. The summed E-state index contributed by atoms with van der Waals surface area (Å²) in [6, 6.07) is 9.53. The van der Waals surface area contributed by atoms with Crippen LogP contribution in [0, 0.1) is 0 Å². The predicted molar refractivity (Wildman–Crippen MR) is 67.6 cm³/mol. The molecule has 0 saturated heterocycles. The lowest BCUT2D eigenvalue weighted by atomic mass is 9.95. The second-order valence-electron chi connectivity index (χ2n) is 4.82. The lowest BCUT2D eigenvalue weighted by Crippen LogP contribution is -2.40. The standard InChI is InChI=1S/C14H21NO2/c15-10-14(16,12-6-2-1-3-7-12)11-17-13-8-4-5-9-13/h1-3,6-7,13,16H,4-5,8-11,15H2. The average Bonchev–Trinajstić information content (AvgIpc) is 2.90. The quantitative estimate of drug-likeness (QED) is 0.818. The molecule has 0 radical (unpaired) electrons. The molecular formula is C14H21NO2. The molecule has 0 aromatic heterocycles. The van der Waals surface area contributed by atoms with Gasteiger partial charge in [-0.15, -0.1) is 0 Å². The fourth-order valence-corrected chi connectivity index (χ4v) is 2.32. The van der Waals surface area contributed by atoms with Crippen molar-refractivity contribution in [1.29, 1.82) is 0 Å². The van der Waals surface area contributed by atoms with Crippen molar-refractivity contribution in [2.75, 3.05) is 13.2 Å². The highest BCUT2D eigenvalue weighted by atomic mass is 16.5. The maximum absolute atomic E-state index is 10.5. The molecule has 0 heterocycles. The van der Waals surface area contributed by atoms with E-state index >= 15 is 0 Å². The van der Waals surface area contributed by atoms with Crippen LogP contribution >= 0.6 is 0 Å². The molecule has 1 unspecified atom stereocenters. The van der Waals surface area contributed by atoms with Crippen molar-refractivity contribution in [1.82, 2.24) is 0 Å². The van der Waals surface area contributed by atoms with Crippen LogP contribution in [0.3, 0.4) is 0 Å². The molecule has 3 nitrogen and oxygen atoms in total. The Balaban J connectivity index is 1.98. The largest absolute Gasteiger partial charge is 0.381 e. The molecule has 0 spiro atoms. The smallest absolute Gasteiger partial charge is 0.125 e. The van der Waals surface area contributed by atoms with Gasteiger partial charge in [-0.1, -0.05) is 43.2 Å². The molecule has 2 rings (SSSR count). The Labute approximate surface area is 103 Å². The molecule has 1 aromatic rings. The summed E-state index contributed by atoms with van der Waals surface area (Å²) in [6.45, 7) is 0.474. The highest BCUT2D eigenvalue weighted by Gasteiger charge is 2.29. The maximum Gasteiger partial charge on any atom is 0.125 e. The van der Waals surface area contributed by atoms with Crippen molar-refractivity contribution in [2.24, 2.45) is 5.73 Å². The Morgan fingerprint density at radius 3 is 2.47 bits per heavy atom. The van der Waals surface area contributed by atoms with Crippen LogP contribution in [-0.2, 0) is 10.3 Å². The van der Waals surface area contributed by atoms with Crippen LogP contribution in [0.2, 0.25) is 0 Å². The molecule has 94 valence electrons. The Bertz CT molecular complexity index is 335. The molecule has 3 heteroatoms. The minimum Gasteiger partial charge on any atom is -0.381 e. The first-order valence-electron chi connectivity index (χ1n) is 6.34. The number of rotatable bonds is 5. The molecule has 17 heavy (non-hydrogen) atoms. The second kappa shape index (κ2) is 5.63. The van der Waals surface area contributed by atoms with Crippen LogP contribution in [0.1, 0.15) is 31.2 Å². The summed E-state index contributed by atoms with van der Waals surface area (Å²) in [5, 5.41) is 10.5. The molecule has 1 aliphatic carbocycles. The molecule has 0 bridgehead atoms. The number of hydrogen-bond donors (Lipinski definition) is 2. The van der Waals surface area contributed by atoms with Crippen LogP contribution in [0.15, 0.2) is 30.3 Å². The van der Waals surface area contributed by atoms with Crippen molar-refractivity contribution in [3.63, 3.8) is 0 Å². The number of ether oxygens (including phenoxy) is 1. The molecule has 0 amide bonds. The van der Waals surface area contributed by atoms with Crippen molar-refractivity contribution in [3.05, 3.63) is 35.9 Å². The van der Waals surface area contributed by atoms with Crippen molar-refractivity contribution in [2.45, 2.75) is 37.4 Å².